The summed E-state index contributed by atoms with van der Waals surface area (Å²) < 4.78 is 41.4. The molecular formula is C24H18F3NO2. The molecule has 0 bridgehead atoms. The first-order chi connectivity index (χ1) is 14.4. The topological polar surface area (TPSA) is 49.3 Å². The molecule has 3 nitrogen and oxygen atoms in total. The minimum atomic E-state index is -4.49. The summed E-state index contributed by atoms with van der Waals surface area (Å²) in [5.41, 5.74) is 2.92. The number of alkyl halides is 3. The van der Waals surface area contributed by atoms with Gasteiger partial charge in [-0.05, 0) is 46.7 Å². The van der Waals surface area contributed by atoms with E-state index in [0.717, 1.165) is 22.8 Å². The Balaban J connectivity index is 1.75. The van der Waals surface area contributed by atoms with Crippen molar-refractivity contribution in [1.29, 1.82) is 0 Å². The summed E-state index contributed by atoms with van der Waals surface area (Å²) in [7, 11) is 0. The van der Waals surface area contributed by atoms with Gasteiger partial charge in [0.25, 0.3) is 0 Å². The lowest BCUT2D eigenvalue weighted by Crippen LogP contribution is -2.33. The number of anilines is 1. The van der Waals surface area contributed by atoms with Crippen LogP contribution in [0.15, 0.2) is 66.7 Å². The summed E-state index contributed by atoms with van der Waals surface area (Å²) in [6.45, 7) is 0. The summed E-state index contributed by atoms with van der Waals surface area (Å²) in [5.74, 6) is -1.42. The number of rotatable bonds is 2. The molecule has 0 saturated heterocycles. The molecule has 3 atom stereocenters. The van der Waals surface area contributed by atoms with Crippen LogP contribution < -0.4 is 5.32 Å². The lowest BCUT2D eigenvalue weighted by Gasteiger charge is -2.39. The molecule has 0 amide bonds. The zero-order chi connectivity index (χ0) is 21.0. The fourth-order valence-corrected chi connectivity index (χ4v) is 5.10. The van der Waals surface area contributed by atoms with Gasteiger partial charge in [-0.3, -0.25) is 0 Å². The van der Waals surface area contributed by atoms with E-state index in [4.69, 9.17) is 0 Å². The van der Waals surface area contributed by atoms with Gasteiger partial charge < -0.3 is 10.4 Å². The third-order valence-corrected chi connectivity index (χ3v) is 6.27. The van der Waals surface area contributed by atoms with Crippen LogP contribution in [0.3, 0.4) is 0 Å². The number of para-hydroxylation sites is 1. The second-order valence-electron chi connectivity index (χ2n) is 7.83. The van der Waals surface area contributed by atoms with E-state index in [2.05, 4.69) is 5.32 Å². The van der Waals surface area contributed by atoms with Gasteiger partial charge in [-0.25, -0.2) is 4.79 Å². The van der Waals surface area contributed by atoms with E-state index in [-0.39, 0.29) is 23.0 Å². The SMILES string of the molecule is O=C(O)c1cccc2c1NC(c1ccccc1C(F)(F)F)C1Cc3ccccc3C21. The highest BCUT2D eigenvalue weighted by atomic mass is 19.4. The van der Waals surface area contributed by atoms with E-state index in [1.807, 2.05) is 30.3 Å². The summed E-state index contributed by atoms with van der Waals surface area (Å²) in [4.78, 5) is 11.9. The number of halogens is 3. The summed E-state index contributed by atoms with van der Waals surface area (Å²) in [5, 5.41) is 12.9. The molecule has 3 unspecified atom stereocenters. The molecule has 2 N–H and O–H groups in total. The van der Waals surface area contributed by atoms with Gasteiger partial charge >= 0.3 is 12.1 Å². The van der Waals surface area contributed by atoms with Crippen LogP contribution in [0.25, 0.3) is 0 Å². The van der Waals surface area contributed by atoms with Crippen molar-refractivity contribution in [3.05, 3.63) is 100 Å². The van der Waals surface area contributed by atoms with Crippen LogP contribution in [0.1, 0.15) is 50.1 Å². The van der Waals surface area contributed by atoms with Gasteiger partial charge in [0.15, 0.2) is 0 Å². The Kier molecular flexibility index (Phi) is 4.13. The van der Waals surface area contributed by atoms with Crippen LogP contribution in [-0.2, 0) is 12.6 Å². The molecule has 5 rings (SSSR count). The van der Waals surface area contributed by atoms with E-state index in [1.165, 1.54) is 18.2 Å². The number of hydrogen-bond donors (Lipinski definition) is 2. The maximum absolute atomic E-state index is 13.8. The molecule has 3 aromatic carbocycles. The average Bonchev–Trinajstić information content (AvgIpc) is 3.12. The van der Waals surface area contributed by atoms with E-state index >= 15 is 0 Å². The van der Waals surface area contributed by atoms with Crippen molar-refractivity contribution in [2.75, 3.05) is 5.32 Å². The number of fused-ring (bicyclic) bond motifs is 5. The van der Waals surface area contributed by atoms with Crippen LogP contribution in [0.2, 0.25) is 0 Å². The van der Waals surface area contributed by atoms with Crippen LogP contribution >= 0.6 is 0 Å². The highest BCUT2D eigenvalue weighted by molar-refractivity contribution is 5.96. The number of nitrogens with one attached hydrogen (secondary N) is 1. The lowest BCUT2D eigenvalue weighted by atomic mass is 9.74. The Morgan fingerprint density at radius 2 is 1.57 bits per heavy atom. The summed E-state index contributed by atoms with van der Waals surface area (Å²) in [6.07, 6.45) is -3.87. The number of carboxylic acid groups (broad SMARTS) is 1. The molecule has 6 heteroatoms. The molecule has 1 aliphatic carbocycles. The van der Waals surface area contributed by atoms with Crippen molar-refractivity contribution < 1.29 is 23.1 Å². The molecule has 0 radical (unpaired) electrons. The smallest absolute Gasteiger partial charge is 0.416 e. The molecule has 2 aliphatic rings. The van der Waals surface area contributed by atoms with E-state index in [0.29, 0.717) is 12.1 Å². The maximum Gasteiger partial charge on any atom is 0.416 e. The number of carboxylic acids is 1. The Hall–Kier alpha value is -3.28. The van der Waals surface area contributed by atoms with Gasteiger partial charge in [0, 0.05) is 5.92 Å². The summed E-state index contributed by atoms with van der Waals surface area (Å²) >= 11 is 0. The number of aromatic carboxylic acids is 1. The number of hydrogen-bond acceptors (Lipinski definition) is 2. The van der Waals surface area contributed by atoms with Gasteiger partial charge in [-0.1, -0.05) is 54.6 Å². The van der Waals surface area contributed by atoms with E-state index in [1.54, 1.807) is 12.1 Å². The van der Waals surface area contributed by atoms with Crippen molar-refractivity contribution >= 4 is 11.7 Å². The fourth-order valence-electron chi connectivity index (χ4n) is 5.10. The Labute approximate surface area is 171 Å². The Morgan fingerprint density at radius 1 is 0.900 bits per heavy atom. The van der Waals surface area contributed by atoms with Crippen LogP contribution in [-0.4, -0.2) is 11.1 Å². The predicted octanol–water partition coefficient (Wildman–Crippen LogP) is 5.87. The molecule has 0 aromatic heterocycles. The Bertz CT molecular complexity index is 1160. The zero-order valence-electron chi connectivity index (χ0n) is 15.8. The first-order valence-corrected chi connectivity index (χ1v) is 9.73. The van der Waals surface area contributed by atoms with E-state index in [9.17, 15) is 23.1 Å². The molecule has 30 heavy (non-hydrogen) atoms. The zero-order valence-corrected chi connectivity index (χ0v) is 15.8. The third kappa shape index (κ3) is 2.78. The minimum Gasteiger partial charge on any atom is -0.478 e. The van der Waals surface area contributed by atoms with Crippen molar-refractivity contribution in [3.63, 3.8) is 0 Å². The average molecular weight is 409 g/mol. The molecule has 0 spiro atoms. The highest BCUT2D eigenvalue weighted by Gasteiger charge is 2.46. The first-order valence-electron chi connectivity index (χ1n) is 9.73. The highest BCUT2D eigenvalue weighted by Crippen LogP contribution is 2.55. The van der Waals surface area contributed by atoms with Gasteiger partial charge in [-0.15, -0.1) is 0 Å². The van der Waals surface area contributed by atoms with Gasteiger partial charge in [0.05, 0.1) is 22.9 Å². The second-order valence-corrected chi connectivity index (χ2v) is 7.83. The lowest BCUT2D eigenvalue weighted by molar-refractivity contribution is -0.138. The normalized spacial score (nSPS) is 21.9. The monoisotopic (exact) mass is 409 g/mol. The maximum atomic E-state index is 13.8. The van der Waals surface area contributed by atoms with Crippen LogP contribution in [0.5, 0.6) is 0 Å². The molecule has 3 aromatic rings. The van der Waals surface area contributed by atoms with Crippen molar-refractivity contribution in [3.8, 4) is 0 Å². The van der Waals surface area contributed by atoms with Crippen LogP contribution in [0.4, 0.5) is 18.9 Å². The number of carbonyl (C=O) groups is 1. The third-order valence-electron chi connectivity index (χ3n) is 6.27. The molecule has 152 valence electrons. The molecule has 1 heterocycles. The first kappa shape index (κ1) is 18.7. The molecule has 0 fully saturated rings. The fraction of sp³-hybridized carbons (Fsp3) is 0.208. The quantitative estimate of drug-likeness (QED) is 0.556. The Morgan fingerprint density at radius 3 is 2.30 bits per heavy atom. The van der Waals surface area contributed by atoms with Gasteiger partial charge in [0.2, 0.25) is 0 Å². The second kappa shape index (κ2) is 6.62. The largest absolute Gasteiger partial charge is 0.478 e. The van der Waals surface area contributed by atoms with Crippen molar-refractivity contribution in [2.24, 2.45) is 5.92 Å². The molecular weight excluding hydrogens is 391 g/mol. The van der Waals surface area contributed by atoms with E-state index < -0.39 is 23.8 Å². The van der Waals surface area contributed by atoms with Crippen molar-refractivity contribution in [2.45, 2.75) is 24.6 Å². The van der Waals surface area contributed by atoms with Gasteiger partial charge in [-0.2, -0.15) is 13.2 Å². The van der Waals surface area contributed by atoms with Crippen LogP contribution in [0, 0.1) is 5.92 Å². The minimum absolute atomic E-state index is 0.0739. The molecule has 0 saturated carbocycles. The van der Waals surface area contributed by atoms with Gasteiger partial charge in [0.1, 0.15) is 0 Å². The standard InChI is InChI=1S/C24H18F3NO2/c25-24(26,27)19-11-4-3-8-15(19)21-18-12-13-6-1-2-7-14(13)20(18)16-9-5-10-17(23(29)30)22(16)28-21/h1-11,18,20-21,28H,12H2,(H,29,30). The van der Waals surface area contributed by atoms with Crippen molar-refractivity contribution in [1.82, 2.24) is 0 Å². The molecule has 1 aliphatic heterocycles. The predicted molar refractivity (Wildman–Crippen MR) is 107 cm³/mol. The summed E-state index contributed by atoms with van der Waals surface area (Å²) in [6, 6.07) is 17.8. The number of benzene rings is 3.